The number of hydrogen-bond donors (Lipinski definition) is 2. The van der Waals surface area contributed by atoms with Gasteiger partial charge in [0.25, 0.3) is 5.91 Å². The minimum atomic E-state index is -0.378. The van der Waals surface area contributed by atoms with Crippen molar-refractivity contribution >= 4 is 40.3 Å². The molecular formula is C16H22N4O2S2. The Bertz CT molecular complexity index is 710. The Morgan fingerprint density at radius 3 is 1.92 bits per heavy atom. The molecule has 2 heterocycles. The van der Waals surface area contributed by atoms with Crippen molar-refractivity contribution in [3.05, 3.63) is 22.1 Å². The summed E-state index contributed by atoms with van der Waals surface area (Å²) in [5, 5.41) is 11.5. The van der Waals surface area contributed by atoms with Crippen LogP contribution in [0.1, 0.15) is 58.8 Å². The van der Waals surface area contributed by atoms with Gasteiger partial charge >= 0.3 is 0 Å². The third kappa shape index (κ3) is 3.60. The van der Waals surface area contributed by atoms with E-state index in [9.17, 15) is 9.90 Å². The quantitative estimate of drug-likeness (QED) is 0.342. The first-order valence-corrected chi connectivity index (χ1v) is 8.69. The second kappa shape index (κ2) is 6.09. The van der Waals surface area contributed by atoms with Crippen LogP contribution in [0.5, 0.6) is 5.75 Å². The van der Waals surface area contributed by atoms with Crippen molar-refractivity contribution in [1.82, 2.24) is 15.0 Å². The molecule has 1 aromatic rings. The molecule has 6 nitrogen and oxygen atoms in total. The van der Waals surface area contributed by atoms with Gasteiger partial charge in [0.1, 0.15) is 0 Å². The number of amides is 1. The molecule has 1 aromatic heterocycles. The minimum absolute atomic E-state index is 0.0959. The highest BCUT2D eigenvalue weighted by atomic mass is 32.2. The fraction of sp³-hybridized carbons (Fsp3) is 0.500. The zero-order valence-electron chi connectivity index (χ0n) is 14.7. The van der Waals surface area contributed by atoms with Crippen LogP contribution in [0.15, 0.2) is 4.91 Å². The van der Waals surface area contributed by atoms with Gasteiger partial charge < -0.3 is 5.11 Å². The SMILES string of the molecule is CC(C)(C)c1nc(/C=C2\SC(=S)N(N)C2=O)nc(C(C)(C)C)c1O. The van der Waals surface area contributed by atoms with Gasteiger partial charge in [-0.25, -0.2) is 20.8 Å². The number of carbonyl (C=O) groups is 1. The molecule has 0 aromatic carbocycles. The molecule has 1 aliphatic heterocycles. The fourth-order valence-electron chi connectivity index (χ4n) is 2.18. The average molecular weight is 367 g/mol. The number of nitrogens with zero attached hydrogens (tertiary/aromatic N) is 3. The first-order valence-electron chi connectivity index (χ1n) is 7.47. The van der Waals surface area contributed by atoms with Crippen molar-refractivity contribution < 1.29 is 9.90 Å². The van der Waals surface area contributed by atoms with E-state index >= 15 is 0 Å². The lowest BCUT2D eigenvalue weighted by atomic mass is 9.85. The minimum Gasteiger partial charge on any atom is -0.504 e. The van der Waals surface area contributed by atoms with Crippen molar-refractivity contribution in [1.29, 1.82) is 0 Å². The lowest BCUT2D eigenvalue weighted by Gasteiger charge is -2.25. The summed E-state index contributed by atoms with van der Waals surface area (Å²) in [6.07, 6.45) is 1.57. The molecule has 1 saturated heterocycles. The number of hydrogen-bond acceptors (Lipinski definition) is 7. The molecule has 0 aliphatic carbocycles. The maximum Gasteiger partial charge on any atom is 0.280 e. The van der Waals surface area contributed by atoms with Crippen LogP contribution in [0.25, 0.3) is 6.08 Å². The fourth-order valence-corrected chi connectivity index (χ4v) is 3.25. The van der Waals surface area contributed by atoms with Crippen LogP contribution in [0, 0.1) is 0 Å². The van der Waals surface area contributed by atoms with E-state index in [1.54, 1.807) is 6.08 Å². The van der Waals surface area contributed by atoms with Gasteiger partial charge in [-0.15, -0.1) is 0 Å². The van der Waals surface area contributed by atoms with Crippen molar-refractivity contribution in [3.8, 4) is 5.75 Å². The van der Waals surface area contributed by atoms with Gasteiger partial charge in [-0.2, -0.15) is 0 Å². The van der Waals surface area contributed by atoms with Crippen LogP contribution in [0.3, 0.4) is 0 Å². The van der Waals surface area contributed by atoms with Gasteiger partial charge in [0, 0.05) is 16.9 Å². The first kappa shape index (κ1) is 18.8. The predicted molar refractivity (Wildman–Crippen MR) is 100 cm³/mol. The molecule has 0 atom stereocenters. The van der Waals surface area contributed by atoms with E-state index < -0.39 is 0 Å². The van der Waals surface area contributed by atoms with E-state index in [-0.39, 0.29) is 26.8 Å². The number of aromatic nitrogens is 2. The Kier molecular flexibility index (Phi) is 4.78. The van der Waals surface area contributed by atoms with Gasteiger partial charge in [0.05, 0.1) is 16.3 Å². The van der Waals surface area contributed by atoms with E-state index in [1.165, 1.54) is 0 Å². The summed E-state index contributed by atoms with van der Waals surface area (Å²) >= 11 is 6.13. The van der Waals surface area contributed by atoms with Gasteiger partial charge in [-0.3, -0.25) is 4.79 Å². The van der Waals surface area contributed by atoms with Crippen LogP contribution in [-0.4, -0.2) is 30.3 Å². The molecule has 24 heavy (non-hydrogen) atoms. The predicted octanol–water partition coefficient (Wildman–Crippen LogP) is 2.85. The average Bonchev–Trinajstić information content (AvgIpc) is 2.65. The normalized spacial score (nSPS) is 18.0. The van der Waals surface area contributed by atoms with E-state index in [1.807, 2.05) is 41.5 Å². The molecule has 1 amide bonds. The van der Waals surface area contributed by atoms with Crippen molar-refractivity contribution in [2.24, 2.45) is 5.84 Å². The summed E-state index contributed by atoms with van der Waals surface area (Å²) in [5.74, 6) is 5.66. The summed E-state index contributed by atoms with van der Waals surface area (Å²) < 4.78 is 0.289. The highest BCUT2D eigenvalue weighted by Crippen LogP contribution is 2.37. The van der Waals surface area contributed by atoms with Crippen LogP contribution >= 0.6 is 24.0 Å². The van der Waals surface area contributed by atoms with E-state index in [2.05, 4.69) is 9.97 Å². The number of thioether (sulfide) groups is 1. The van der Waals surface area contributed by atoms with Gasteiger partial charge in [0.2, 0.25) is 0 Å². The molecule has 2 rings (SSSR count). The Morgan fingerprint density at radius 1 is 1.12 bits per heavy atom. The van der Waals surface area contributed by atoms with E-state index in [4.69, 9.17) is 18.1 Å². The molecular weight excluding hydrogens is 344 g/mol. The standard InChI is InChI=1S/C16H22N4O2S2/c1-15(2,3)11-10(21)12(16(4,5)6)19-9(18-11)7-8-13(22)20(17)14(23)24-8/h7,21H,17H2,1-6H3/b8-7-. The molecule has 8 heteroatoms. The third-order valence-electron chi connectivity index (χ3n) is 3.41. The summed E-state index contributed by atoms with van der Waals surface area (Å²) in [6, 6.07) is 0. The van der Waals surface area contributed by atoms with Crippen molar-refractivity contribution in [3.63, 3.8) is 0 Å². The van der Waals surface area contributed by atoms with Gasteiger partial charge in [-0.05, 0) is 0 Å². The highest BCUT2D eigenvalue weighted by molar-refractivity contribution is 8.26. The van der Waals surface area contributed by atoms with Crippen LogP contribution < -0.4 is 5.84 Å². The Morgan fingerprint density at radius 2 is 1.58 bits per heavy atom. The van der Waals surface area contributed by atoms with Crippen molar-refractivity contribution in [2.45, 2.75) is 52.4 Å². The summed E-state index contributed by atoms with van der Waals surface area (Å²) in [5.41, 5.74) is 0.332. The van der Waals surface area contributed by atoms with Gasteiger partial charge in [-0.1, -0.05) is 65.5 Å². The zero-order valence-corrected chi connectivity index (χ0v) is 16.3. The molecule has 3 N–H and O–H groups in total. The number of nitrogens with two attached hydrogens (primary N) is 1. The molecule has 1 aliphatic rings. The smallest absolute Gasteiger partial charge is 0.280 e. The Labute approximate surface area is 151 Å². The summed E-state index contributed by atoms with van der Waals surface area (Å²) in [4.78, 5) is 21.4. The zero-order chi connectivity index (χ0) is 18.4. The second-order valence-electron chi connectivity index (χ2n) is 7.68. The summed E-state index contributed by atoms with van der Waals surface area (Å²) in [6.45, 7) is 11.8. The molecule has 0 unspecified atom stereocenters. The Hall–Kier alpha value is -1.51. The third-order valence-corrected chi connectivity index (χ3v) is 4.74. The molecule has 0 radical (unpaired) electrons. The maximum atomic E-state index is 12.1. The highest BCUT2D eigenvalue weighted by Gasteiger charge is 2.32. The number of carbonyl (C=O) groups excluding carboxylic acids is 1. The van der Waals surface area contributed by atoms with Crippen molar-refractivity contribution in [2.75, 3.05) is 0 Å². The van der Waals surface area contributed by atoms with Gasteiger partial charge in [0.15, 0.2) is 15.9 Å². The van der Waals surface area contributed by atoms with E-state index in [0.717, 1.165) is 16.8 Å². The molecule has 130 valence electrons. The number of aromatic hydroxyl groups is 1. The van der Waals surface area contributed by atoms with Crippen LogP contribution in [0.4, 0.5) is 0 Å². The van der Waals surface area contributed by atoms with Crippen LogP contribution in [0.2, 0.25) is 0 Å². The molecule has 0 spiro atoms. The monoisotopic (exact) mass is 366 g/mol. The molecule has 0 bridgehead atoms. The van der Waals surface area contributed by atoms with E-state index in [0.29, 0.717) is 22.1 Å². The van der Waals surface area contributed by atoms with Crippen LogP contribution in [-0.2, 0) is 15.6 Å². The lowest BCUT2D eigenvalue weighted by Crippen LogP contribution is -2.34. The number of hydrazine groups is 1. The second-order valence-corrected chi connectivity index (χ2v) is 9.36. The molecule has 0 saturated carbocycles. The topological polar surface area (TPSA) is 92.3 Å². The lowest BCUT2D eigenvalue weighted by molar-refractivity contribution is -0.122. The Balaban J connectivity index is 2.64. The molecule has 1 fully saturated rings. The number of thiocarbonyl (C=S) groups is 1. The largest absolute Gasteiger partial charge is 0.504 e. The maximum absolute atomic E-state index is 12.1. The number of rotatable bonds is 1. The summed E-state index contributed by atoms with van der Waals surface area (Å²) in [7, 11) is 0. The first-order chi connectivity index (χ1) is 10.8.